The largest absolute Gasteiger partial charge is 0.384 e. The van der Waals surface area contributed by atoms with Crippen molar-refractivity contribution in [1.29, 1.82) is 0 Å². The van der Waals surface area contributed by atoms with Gasteiger partial charge >= 0.3 is 0 Å². The number of thiophene rings is 1. The summed E-state index contributed by atoms with van der Waals surface area (Å²) >= 11 is 4.98. The molecule has 19 heavy (non-hydrogen) atoms. The summed E-state index contributed by atoms with van der Waals surface area (Å²) in [6, 6.07) is 2.19. The summed E-state index contributed by atoms with van der Waals surface area (Å²) in [5, 5.41) is 21.9. The molecule has 0 spiro atoms. The summed E-state index contributed by atoms with van der Waals surface area (Å²) in [5.74, 6) is 0. The van der Waals surface area contributed by atoms with Crippen LogP contribution < -0.4 is 5.32 Å². The Morgan fingerprint density at radius 2 is 2.42 bits per heavy atom. The molecule has 0 aliphatic carbocycles. The first-order chi connectivity index (χ1) is 8.97. The molecule has 0 radical (unpaired) electrons. The Balaban J connectivity index is 1.85. The maximum absolute atomic E-state index is 10.4. The van der Waals surface area contributed by atoms with E-state index in [1.165, 1.54) is 0 Å². The van der Waals surface area contributed by atoms with Crippen molar-refractivity contribution in [2.75, 3.05) is 6.54 Å². The van der Waals surface area contributed by atoms with E-state index in [0.29, 0.717) is 6.54 Å². The quantitative estimate of drug-likeness (QED) is 0.847. The van der Waals surface area contributed by atoms with Gasteiger partial charge < -0.3 is 10.4 Å². The zero-order valence-corrected chi connectivity index (χ0v) is 13.4. The van der Waals surface area contributed by atoms with Crippen molar-refractivity contribution in [3.8, 4) is 0 Å². The number of halogens is 1. The van der Waals surface area contributed by atoms with Crippen LogP contribution in [0.3, 0.4) is 0 Å². The molecule has 0 unspecified atom stereocenters. The van der Waals surface area contributed by atoms with Gasteiger partial charge in [-0.1, -0.05) is 0 Å². The Bertz CT molecular complexity index is 510. The van der Waals surface area contributed by atoms with Crippen molar-refractivity contribution in [3.05, 3.63) is 39.3 Å². The summed E-state index contributed by atoms with van der Waals surface area (Å²) < 4.78 is 2.85. The van der Waals surface area contributed by atoms with Crippen molar-refractivity contribution in [3.63, 3.8) is 0 Å². The van der Waals surface area contributed by atoms with Crippen LogP contribution >= 0.6 is 27.3 Å². The lowest BCUT2D eigenvalue weighted by atomic mass is 9.99. The minimum absolute atomic E-state index is 0.233. The molecule has 2 atom stereocenters. The molecule has 0 aromatic carbocycles. The van der Waals surface area contributed by atoms with Gasteiger partial charge in [0.15, 0.2) is 0 Å². The van der Waals surface area contributed by atoms with Crippen molar-refractivity contribution < 1.29 is 5.11 Å². The molecule has 2 rings (SSSR count). The number of aromatic nitrogens is 2. The van der Waals surface area contributed by atoms with Crippen molar-refractivity contribution in [2.45, 2.75) is 32.0 Å². The molecule has 0 aliphatic heterocycles. The van der Waals surface area contributed by atoms with Crippen molar-refractivity contribution in [2.24, 2.45) is 0 Å². The highest BCUT2D eigenvalue weighted by Gasteiger charge is 2.23. The Morgan fingerprint density at radius 3 is 3.00 bits per heavy atom. The normalized spacial score (nSPS) is 16.2. The van der Waals surface area contributed by atoms with Gasteiger partial charge in [-0.05, 0) is 52.2 Å². The van der Waals surface area contributed by atoms with Crippen LogP contribution in [0.5, 0.6) is 0 Å². The van der Waals surface area contributed by atoms with Crippen LogP contribution in [0.1, 0.15) is 19.4 Å². The lowest BCUT2D eigenvalue weighted by molar-refractivity contribution is 0.0541. The van der Waals surface area contributed by atoms with Crippen LogP contribution in [0, 0.1) is 0 Å². The number of hydrogen-bond donors (Lipinski definition) is 2. The van der Waals surface area contributed by atoms with Gasteiger partial charge in [0.05, 0.1) is 22.8 Å². The smallest absolute Gasteiger partial charge is 0.1000 e. The maximum atomic E-state index is 10.4. The number of nitrogens with one attached hydrogen (secondary N) is 1. The van der Waals surface area contributed by atoms with Crippen LogP contribution in [0.15, 0.2) is 33.7 Å². The van der Waals surface area contributed by atoms with E-state index in [2.05, 4.69) is 33.3 Å². The monoisotopic (exact) mass is 343 g/mol. The van der Waals surface area contributed by atoms with Crippen LogP contribution in [-0.4, -0.2) is 27.5 Å². The molecule has 6 heteroatoms. The first-order valence-electron chi connectivity index (χ1n) is 6.14. The second-order valence-corrected chi connectivity index (χ2v) is 6.64. The standard InChI is InChI=1S/C13H18BrN3OS/c1-10(6-17-7-12(14)5-16-17)15-9-13(2,18)11-3-4-19-8-11/h3-5,7-8,10,15,18H,6,9H2,1-2H3/t10-,13-/m0/s1. The molecule has 2 aromatic heterocycles. The molecule has 0 saturated heterocycles. The highest BCUT2D eigenvalue weighted by atomic mass is 79.9. The van der Waals surface area contributed by atoms with Gasteiger partial charge in [0.1, 0.15) is 0 Å². The summed E-state index contributed by atoms with van der Waals surface area (Å²) in [6.07, 6.45) is 3.71. The van der Waals surface area contributed by atoms with E-state index >= 15 is 0 Å². The molecule has 4 nitrogen and oxygen atoms in total. The molecule has 2 heterocycles. The van der Waals surface area contributed by atoms with Crippen LogP contribution in [0.4, 0.5) is 0 Å². The van der Waals surface area contributed by atoms with Gasteiger partial charge in [-0.3, -0.25) is 4.68 Å². The average Bonchev–Trinajstić information content (AvgIpc) is 2.98. The van der Waals surface area contributed by atoms with Gasteiger partial charge in [0.2, 0.25) is 0 Å². The van der Waals surface area contributed by atoms with Gasteiger partial charge in [0, 0.05) is 18.8 Å². The molecule has 0 aliphatic rings. The van der Waals surface area contributed by atoms with Gasteiger partial charge in [-0.2, -0.15) is 16.4 Å². The third-order valence-corrected chi connectivity index (χ3v) is 4.09. The zero-order chi connectivity index (χ0) is 13.9. The van der Waals surface area contributed by atoms with E-state index in [-0.39, 0.29) is 6.04 Å². The SMILES string of the molecule is C[C@@H](Cn1cc(Br)cn1)NC[C@](C)(O)c1ccsc1. The number of nitrogens with zero attached hydrogens (tertiary/aromatic N) is 2. The van der Waals surface area contributed by atoms with Crippen LogP contribution in [-0.2, 0) is 12.1 Å². The Hall–Kier alpha value is -0.690. The highest BCUT2D eigenvalue weighted by molar-refractivity contribution is 9.10. The predicted molar refractivity (Wildman–Crippen MR) is 81.3 cm³/mol. The lowest BCUT2D eigenvalue weighted by Crippen LogP contribution is -2.41. The molecule has 0 fully saturated rings. The molecule has 104 valence electrons. The van der Waals surface area contributed by atoms with Gasteiger partial charge in [-0.15, -0.1) is 0 Å². The summed E-state index contributed by atoms with van der Waals surface area (Å²) in [4.78, 5) is 0. The van der Waals surface area contributed by atoms with E-state index in [4.69, 9.17) is 0 Å². The fourth-order valence-electron chi connectivity index (χ4n) is 1.83. The third kappa shape index (κ3) is 4.14. The Morgan fingerprint density at radius 1 is 1.63 bits per heavy atom. The summed E-state index contributed by atoms with van der Waals surface area (Å²) in [6.45, 7) is 5.21. The Labute approximate surface area is 125 Å². The lowest BCUT2D eigenvalue weighted by Gasteiger charge is -2.25. The third-order valence-electron chi connectivity index (χ3n) is 3.00. The molecule has 0 amide bonds. The summed E-state index contributed by atoms with van der Waals surface area (Å²) in [5.41, 5.74) is 0.123. The predicted octanol–water partition coefficient (Wildman–Crippen LogP) is 2.59. The second-order valence-electron chi connectivity index (χ2n) is 4.95. The van der Waals surface area contributed by atoms with Crippen molar-refractivity contribution in [1.82, 2.24) is 15.1 Å². The first kappa shape index (κ1) is 14.7. The van der Waals surface area contributed by atoms with Gasteiger partial charge in [-0.25, -0.2) is 0 Å². The second kappa shape index (κ2) is 6.17. The molecule has 2 aromatic rings. The minimum Gasteiger partial charge on any atom is -0.384 e. The topological polar surface area (TPSA) is 50.1 Å². The molecule has 0 saturated carbocycles. The van der Waals surface area contributed by atoms with Gasteiger partial charge in [0.25, 0.3) is 0 Å². The maximum Gasteiger partial charge on any atom is 0.1000 e. The van der Waals surface area contributed by atoms with E-state index in [0.717, 1.165) is 16.6 Å². The number of aliphatic hydroxyl groups is 1. The Kier molecular flexibility index (Phi) is 4.78. The summed E-state index contributed by atoms with van der Waals surface area (Å²) in [7, 11) is 0. The number of hydrogen-bond acceptors (Lipinski definition) is 4. The molecular weight excluding hydrogens is 326 g/mol. The fourth-order valence-corrected chi connectivity index (χ4v) is 2.94. The van der Waals surface area contributed by atoms with E-state index < -0.39 is 5.60 Å². The van der Waals surface area contributed by atoms with Crippen LogP contribution in [0.2, 0.25) is 0 Å². The molecule has 0 bridgehead atoms. The van der Waals surface area contributed by atoms with E-state index in [1.807, 2.05) is 34.6 Å². The number of rotatable bonds is 6. The zero-order valence-electron chi connectivity index (χ0n) is 11.0. The van der Waals surface area contributed by atoms with E-state index in [1.54, 1.807) is 17.5 Å². The van der Waals surface area contributed by atoms with Crippen LogP contribution in [0.25, 0.3) is 0 Å². The average molecular weight is 344 g/mol. The molecular formula is C13H18BrN3OS. The molecule has 2 N–H and O–H groups in total. The van der Waals surface area contributed by atoms with Crippen molar-refractivity contribution >= 4 is 27.3 Å². The fraction of sp³-hybridized carbons (Fsp3) is 0.462. The highest BCUT2D eigenvalue weighted by Crippen LogP contribution is 2.22. The minimum atomic E-state index is -0.834. The van der Waals surface area contributed by atoms with E-state index in [9.17, 15) is 5.11 Å². The first-order valence-corrected chi connectivity index (χ1v) is 7.87.